The van der Waals surface area contributed by atoms with Crippen LogP contribution in [0, 0.1) is 0 Å². The summed E-state index contributed by atoms with van der Waals surface area (Å²) in [6.45, 7) is 1.96. The number of nitrogens with zero attached hydrogens (tertiary/aromatic N) is 4. The molecule has 0 bridgehead atoms. The van der Waals surface area contributed by atoms with E-state index in [4.69, 9.17) is 4.42 Å². The van der Waals surface area contributed by atoms with Crippen LogP contribution >= 0.6 is 0 Å². The van der Waals surface area contributed by atoms with Crippen LogP contribution in [0.1, 0.15) is 0 Å². The second-order valence-electron chi connectivity index (χ2n) is 4.90. The van der Waals surface area contributed by atoms with E-state index >= 15 is 0 Å². The number of piperazine rings is 1. The third kappa shape index (κ3) is 3.06. The Labute approximate surface area is 123 Å². The minimum atomic E-state index is -3.13. The molecule has 0 radical (unpaired) electrons. The molecule has 0 spiro atoms. The highest BCUT2D eigenvalue weighted by atomic mass is 32.2. The highest BCUT2D eigenvalue weighted by Gasteiger charge is 2.26. The maximum absolute atomic E-state index is 11.5. The zero-order chi connectivity index (χ0) is 14.9. The van der Waals surface area contributed by atoms with Gasteiger partial charge in [0.15, 0.2) is 0 Å². The second-order valence-corrected chi connectivity index (χ2v) is 6.89. The van der Waals surface area contributed by atoms with Crippen molar-refractivity contribution in [2.24, 2.45) is 0 Å². The Morgan fingerprint density at radius 3 is 2.33 bits per heavy atom. The van der Waals surface area contributed by atoms with Gasteiger partial charge in [0.25, 0.3) is 0 Å². The summed E-state index contributed by atoms with van der Waals surface area (Å²) in [4.78, 5) is 1.90. The average molecular weight is 308 g/mol. The van der Waals surface area contributed by atoms with E-state index in [-0.39, 0.29) is 0 Å². The summed E-state index contributed by atoms with van der Waals surface area (Å²) < 4.78 is 30.1. The first kappa shape index (κ1) is 14.0. The lowest BCUT2D eigenvalue weighted by Gasteiger charge is -2.31. The lowest BCUT2D eigenvalue weighted by atomic mass is 10.2. The number of hydrogen-bond acceptors (Lipinski definition) is 6. The molecular formula is C13H16N4O3S. The zero-order valence-electron chi connectivity index (χ0n) is 11.6. The molecule has 0 unspecified atom stereocenters. The largest absolute Gasteiger partial charge is 0.403 e. The first-order chi connectivity index (χ1) is 10.0. The van der Waals surface area contributed by atoms with E-state index in [2.05, 4.69) is 10.2 Å². The van der Waals surface area contributed by atoms with Crippen molar-refractivity contribution >= 4 is 16.0 Å². The van der Waals surface area contributed by atoms with E-state index in [9.17, 15) is 8.42 Å². The molecule has 1 aliphatic heterocycles. The molecule has 0 N–H and O–H groups in total. The molecule has 2 heterocycles. The molecular weight excluding hydrogens is 292 g/mol. The molecule has 0 aliphatic carbocycles. The average Bonchev–Trinajstić information content (AvgIpc) is 2.97. The summed E-state index contributed by atoms with van der Waals surface area (Å²) in [6.07, 6.45) is 1.23. The summed E-state index contributed by atoms with van der Waals surface area (Å²) in [5.74, 6) is 0.469. The van der Waals surface area contributed by atoms with Crippen LogP contribution in [0.3, 0.4) is 0 Å². The van der Waals surface area contributed by atoms with Gasteiger partial charge in [-0.2, -0.15) is 4.31 Å². The molecule has 1 aromatic carbocycles. The van der Waals surface area contributed by atoms with Gasteiger partial charge in [-0.15, -0.1) is 5.10 Å². The van der Waals surface area contributed by atoms with Crippen molar-refractivity contribution < 1.29 is 12.8 Å². The minimum absolute atomic E-state index is 0.432. The van der Waals surface area contributed by atoms with Crippen LogP contribution in [0.5, 0.6) is 0 Å². The van der Waals surface area contributed by atoms with Crippen molar-refractivity contribution in [2.75, 3.05) is 37.3 Å². The zero-order valence-corrected chi connectivity index (χ0v) is 12.5. The van der Waals surface area contributed by atoms with Gasteiger partial charge in [0.05, 0.1) is 6.26 Å². The molecule has 2 aromatic rings. The van der Waals surface area contributed by atoms with Crippen molar-refractivity contribution in [1.29, 1.82) is 0 Å². The Balaban J connectivity index is 1.71. The first-order valence-corrected chi connectivity index (χ1v) is 8.48. The van der Waals surface area contributed by atoms with Crippen LogP contribution in [0.25, 0.3) is 11.5 Å². The molecule has 1 aromatic heterocycles. The quantitative estimate of drug-likeness (QED) is 0.835. The maximum Gasteiger partial charge on any atom is 0.318 e. The normalized spacial score (nSPS) is 17.1. The number of aromatic nitrogens is 2. The first-order valence-electron chi connectivity index (χ1n) is 6.63. The molecule has 1 saturated heterocycles. The van der Waals surface area contributed by atoms with E-state index < -0.39 is 10.0 Å². The van der Waals surface area contributed by atoms with Gasteiger partial charge in [0.1, 0.15) is 0 Å². The van der Waals surface area contributed by atoms with Gasteiger partial charge in [-0.05, 0) is 12.1 Å². The summed E-state index contributed by atoms with van der Waals surface area (Å²) in [7, 11) is -3.13. The smallest absolute Gasteiger partial charge is 0.318 e. The Hall–Kier alpha value is -1.93. The van der Waals surface area contributed by atoms with Crippen molar-refractivity contribution in [2.45, 2.75) is 0 Å². The number of anilines is 1. The Bertz CT molecular complexity index is 706. The molecule has 112 valence electrons. The third-order valence-electron chi connectivity index (χ3n) is 3.41. The monoisotopic (exact) mass is 308 g/mol. The fraction of sp³-hybridized carbons (Fsp3) is 0.385. The van der Waals surface area contributed by atoms with Gasteiger partial charge in [0, 0.05) is 31.7 Å². The highest BCUT2D eigenvalue weighted by Crippen LogP contribution is 2.22. The lowest BCUT2D eigenvalue weighted by Crippen LogP contribution is -2.48. The minimum Gasteiger partial charge on any atom is -0.403 e. The Morgan fingerprint density at radius 2 is 1.71 bits per heavy atom. The Morgan fingerprint density at radius 1 is 1.05 bits per heavy atom. The summed E-state index contributed by atoms with van der Waals surface area (Å²) in [6, 6.07) is 9.97. The predicted molar refractivity (Wildman–Crippen MR) is 78.4 cm³/mol. The molecule has 0 saturated carbocycles. The summed E-state index contributed by atoms with van der Waals surface area (Å²) in [5.41, 5.74) is 0.867. The van der Waals surface area contributed by atoms with Crippen molar-refractivity contribution in [1.82, 2.24) is 14.5 Å². The van der Waals surface area contributed by atoms with E-state index in [1.807, 2.05) is 35.2 Å². The van der Waals surface area contributed by atoms with E-state index in [0.29, 0.717) is 38.1 Å². The van der Waals surface area contributed by atoms with Gasteiger partial charge in [0.2, 0.25) is 15.9 Å². The fourth-order valence-electron chi connectivity index (χ4n) is 2.25. The highest BCUT2D eigenvalue weighted by molar-refractivity contribution is 7.88. The van der Waals surface area contributed by atoms with Gasteiger partial charge in [-0.25, -0.2) is 8.42 Å². The molecule has 21 heavy (non-hydrogen) atoms. The van der Waals surface area contributed by atoms with Crippen LogP contribution in [0.2, 0.25) is 0 Å². The topological polar surface area (TPSA) is 79.5 Å². The predicted octanol–water partition coefficient (Wildman–Crippen LogP) is 0.818. The lowest BCUT2D eigenvalue weighted by molar-refractivity contribution is 0.375. The van der Waals surface area contributed by atoms with Crippen LogP contribution < -0.4 is 4.90 Å². The van der Waals surface area contributed by atoms with E-state index in [1.54, 1.807) is 0 Å². The fourth-order valence-corrected chi connectivity index (χ4v) is 3.08. The van der Waals surface area contributed by atoms with Crippen molar-refractivity contribution in [3.8, 4) is 11.5 Å². The standard InChI is InChI=1S/C13H16N4O3S/c1-21(18,19)17-9-7-16(8-10-17)13-15-14-12(20-13)11-5-3-2-4-6-11/h2-6H,7-10H2,1H3. The van der Waals surface area contributed by atoms with Gasteiger partial charge >= 0.3 is 6.01 Å². The van der Waals surface area contributed by atoms with Gasteiger partial charge < -0.3 is 9.32 Å². The number of sulfonamides is 1. The van der Waals surface area contributed by atoms with E-state index in [0.717, 1.165) is 5.56 Å². The van der Waals surface area contributed by atoms with Crippen LogP contribution in [-0.4, -0.2) is 55.4 Å². The number of benzene rings is 1. The SMILES string of the molecule is CS(=O)(=O)N1CCN(c2nnc(-c3ccccc3)o2)CC1. The molecule has 7 nitrogen and oxygen atoms in total. The summed E-state index contributed by atoms with van der Waals surface area (Å²) in [5, 5.41) is 8.08. The van der Waals surface area contributed by atoms with Crippen molar-refractivity contribution in [3.05, 3.63) is 30.3 Å². The van der Waals surface area contributed by atoms with Crippen LogP contribution in [0.4, 0.5) is 6.01 Å². The second kappa shape index (κ2) is 5.45. The van der Waals surface area contributed by atoms with Crippen molar-refractivity contribution in [3.63, 3.8) is 0 Å². The number of hydrogen-bond donors (Lipinski definition) is 0. The molecule has 8 heteroatoms. The van der Waals surface area contributed by atoms with Crippen LogP contribution in [0.15, 0.2) is 34.7 Å². The molecule has 1 fully saturated rings. The summed E-state index contributed by atoms with van der Waals surface area (Å²) >= 11 is 0. The Kier molecular flexibility index (Phi) is 3.64. The van der Waals surface area contributed by atoms with Crippen LogP contribution in [-0.2, 0) is 10.0 Å². The molecule has 3 rings (SSSR count). The van der Waals surface area contributed by atoms with Gasteiger partial charge in [-0.3, -0.25) is 0 Å². The van der Waals surface area contributed by atoms with E-state index in [1.165, 1.54) is 10.6 Å². The molecule has 0 amide bonds. The number of rotatable bonds is 3. The van der Waals surface area contributed by atoms with Gasteiger partial charge in [-0.1, -0.05) is 23.3 Å². The molecule has 1 aliphatic rings. The molecule has 0 atom stereocenters. The third-order valence-corrected chi connectivity index (χ3v) is 4.72. The maximum atomic E-state index is 11.5.